The van der Waals surface area contributed by atoms with E-state index in [4.69, 9.17) is 0 Å². The summed E-state index contributed by atoms with van der Waals surface area (Å²) in [6, 6.07) is 16.3. The number of aromatic nitrogens is 7. The maximum absolute atomic E-state index is 11.9. The predicted molar refractivity (Wildman–Crippen MR) is 112 cm³/mol. The predicted octanol–water partition coefficient (Wildman–Crippen LogP) is 2.66. The Hall–Kier alpha value is -3.88. The van der Waals surface area contributed by atoms with Crippen LogP contribution in [0.5, 0.6) is 0 Å². The van der Waals surface area contributed by atoms with E-state index >= 15 is 0 Å². The molecule has 0 spiro atoms. The number of nitrogens with zero attached hydrogens (tertiary/aromatic N) is 6. The van der Waals surface area contributed by atoms with Gasteiger partial charge >= 0.3 is 0 Å². The smallest absolute Gasteiger partial charge is 0.290 e. The van der Waals surface area contributed by atoms with Crippen LogP contribution in [0, 0.1) is 0 Å². The fourth-order valence-electron chi connectivity index (χ4n) is 3.29. The highest BCUT2D eigenvalue weighted by atomic mass is 16.2. The third-order valence-corrected chi connectivity index (χ3v) is 4.76. The van der Waals surface area contributed by atoms with Crippen LogP contribution in [0.4, 0.5) is 0 Å². The molecule has 0 fully saturated rings. The Bertz CT molecular complexity index is 1150. The maximum atomic E-state index is 11.9. The number of benzene rings is 2. The molecule has 0 saturated carbocycles. The van der Waals surface area contributed by atoms with E-state index in [1.807, 2.05) is 38.1 Å². The topological polar surface area (TPSA) is 114 Å². The Balaban J connectivity index is 1.62. The van der Waals surface area contributed by atoms with Crippen molar-refractivity contribution >= 4 is 5.91 Å². The highest BCUT2D eigenvalue weighted by Crippen LogP contribution is 2.30. The Morgan fingerprint density at radius 1 is 1.10 bits per heavy atom. The number of carbonyl (C=O) groups is 1. The van der Waals surface area contributed by atoms with Gasteiger partial charge in [0.25, 0.3) is 5.91 Å². The molecule has 2 N–H and O–H groups in total. The van der Waals surface area contributed by atoms with Gasteiger partial charge in [0.2, 0.25) is 11.6 Å². The van der Waals surface area contributed by atoms with Gasteiger partial charge in [0.15, 0.2) is 0 Å². The lowest BCUT2D eigenvalue weighted by atomic mass is 9.98. The lowest BCUT2D eigenvalue weighted by Crippen LogP contribution is -2.19. The molecule has 4 aromatic rings. The quantitative estimate of drug-likeness (QED) is 0.512. The second-order valence-electron chi connectivity index (χ2n) is 7.12. The molecule has 1 amide bonds. The Morgan fingerprint density at radius 2 is 1.83 bits per heavy atom. The molecule has 4 rings (SSSR count). The zero-order valence-corrected chi connectivity index (χ0v) is 17.0. The second-order valence-corrected chi connectivity index (χ2v) is 7.12. The Kier molecular flexibility index (Phi) is 5.34. The van der Waals surface area contributed by atoms with Crippen molar-refractivity contribution < 1.29 is 4.79 Å². The molecule has 0 aliphatic carbocycles. The first-order valence-electron chi connectivity index (χ1n) is 9.66. The van der Waals surface area contributed by atoms with Crippen LogP contribution < -0.4 is 5.32 Å². The minimum absolute atomic E-state index is 0.104. The largest absolute Gasteiger partial charge is 0.352 e. The van der Waals surface area contributed by atoms with E-state index in [2.05, 4.69) is 60.3 Å². The number of hydrogen-bond donors (Lipinski definition) is 2. The molecule has 0 atom stereocenters. The van der Waals surface area contributed by atoms with Crippen LogP contribution in [0.15, 0.2) is 48.5 Å². The van der Waals surface area contributed by atoms with E-state index < -0.39 is 0 Å². The molecular weight excluding hydrogens is 380 g/mol. The first-order chi connectivity index (χ1) is 14.6. The molecule has 2 aromatic heterocycles. The zero-order chi connectivity index (χ0) is 21.1. The van der Waals surface area contributed by atoms with E-state index in [1.54, 1.807) is 11.7 Å². The number of hydrogen-bond acceptors (Lipinski definition) is 6. The van der Waals surface area contributed by atoms with Crippen molar-refractivity contribution in [2.45, 2.75) is 26.3 Å². The number of amides is 1. The highest BCUT2D eigenvalue weighted by Gasteiger charge is 2.17. The lowest BCUT2D eigenvalue weighted by molar-refractivity contribution is 0.0952. The Morgan fingerprint density at radius 3 is 2.47 bits per heavy atom. The van der Waals surface area contributed by atoms with Crippen molar-refractivity contribution in [3.63, 3.8) is 0 Å². The number of carbonyl (C=O) groups excluding carboxylic acids is 1. The molecule has 0 aliphatic rings. The van der Waals surface area contributed by atoms with E-state index in [0.717, 1.165) is 28.1 Å². The molecule has 0 unspecified atom stereocenters. The van der Waals surface area contributed by atoms with Crippen LogP contribution in [-0.4, -0.2) is 48.3 Å². The summed E-state index contributed by atoms with van der Waals surface area (Å²) in [5, 5.41) is 21.3. The van der Waals surface area contributed by atoms with Gasteiger partial charge in [0.05, 0.1) is 0 Å². The van der Waals surface area contributed by atoms with Crippen molar-refractivity contribution in [3.8, 4) is 22.5 Å². The van der Waals surface area contributed by atoms with Crippen LogP contribution in [0.3, 0.4) is 0 Å². The number of tetrazole rings is 1. The summed E-state index contributed by atoms with van der Waals surface area (Å²) >= 11 is 0. The standard InChI is InChI=1S/C21H22N8O/c1-13(2)29-18(23-20(26-29)21(30)22-3)12-14-8-10-15(11-9-14)16-6-4-5-7-17(16)19-24-27-28-25-19/h4-11,13H,12H2,1-3H3,(H,22,30)(H,24,25,27,28). The fourth-order valence-corrected chi connectivity index (χ4v) is 3.29. The molecule has 2 heterocycles. The molecule has 0 bridgehead atoms. The summed E-state index contributed by atoms with van der Waals surface area (Å²) in [6.07, 6.45) is 0.578. The molecule has 0 aliphatic heterocycles. The van der Waals surface area contributed by atoms with Crippen LogP contribution in [0.25, 0.3) is 22.5 Å². The SMILES string of the molecule is CNC(=O)c1nc(Cc2ccc(-c3ccccc3-c3nn[nH]n3)cc2)n(C(C)C)n1. The van der Waals surface area contributed by atoms with Crippen LogP contribution in [0.2, 0.25) is 0 Å². The van der Waals surface area contributed by atoms with Crippen LogP contribution >= 0.6 is 0 Å². The molecule has 2 aromatic carbocycles. The molecule has 152 valence electrons. The van der Waals surface area contributed by atoms with E-state index in [1.165, 1.54) is 0 Å². The van der Waals surface area contributed by atoms with Gasteiger partial charge in [-0.15, -0.1) is 15.3 Å². The van der Waals surface area contributed by atoms with Crippen molar-refractivity contribution in [1.29, 1.82) is 0 Å². The third kappa shape index (κ3) is 3.82. The molecule has 9 nitrogen and oxygen atoms in total. The van der Waals surface area contributed by atoms with Gasteiger partial charge in [0.1, 0.15) is 5.82 Å². The molecule has 30 heavy (non-hydrogen) atoms. The summed E-state index contributed by atoms with van der Waals surface area (Å²) < 4.78 is 1.80. The van der Waals surface area contributed by atoms with Crippen LogP contribution in [0.1, 0.15) is 41.9 Å². The highest BCUT2D eigenvalue weighted by molar-refractivity contribution is 5.90. The monoisotopic (exact) mass is 402 g/mol. The van der Waals surface area contributed by atoms with Gasteiger partial charge in [-0.2, -0.15) is 5.21 Å². The summed E-state index contributed by atoms with van der Waals surface area (Å²) in [5.74, 6) is 1.21. The summed E-state index contributed by atoms with van der Waals surface area (Å²) in [5.41, 5.74) is 4.07. The van der Waals surface area contributed by atoms with Gasteiger partial charge < -0.3 is 5.32 Å². The van der Waals surface area contributed by atoms with Crippen molar-refractivity contribution in [3.05, 3.63) is 65.7 Å². The van der Waals surface area contributed by atoms with Gasteiger partial charge in [-0.3, -0.25) is 4.79 Å². The first-order valence-corrected chi connectivity index (χ1v) is 9.66. The lowest BCUT2D eigenvalue weighted by Gasteiger charge is -2.10. The van der Waals surface area contributed by atoms with Gasteiger partial charge in [-0.25, -0.2) is 9.67 Å². The molecule has 9 heteroatoms. The summed E-state index contributed by atoms with van der Waals surface area (Å²) in [7, 11) is 1.57. The average molecular weight is 402 g/mol. The number of H-pyrrole nitrogens is 1. The van der Waals surface area contributed by atoms with Crippen molar-refractivity contribution in [2.75, 3.05) is 7.05 Å². The molecule has 0 radical (unpaired) electrons. The second kappa shape index (κ2) is 8.24. The summed E-state index contributed by atoms with van der Waals surface area (Å²) in [6.45, 7) is 4.04. The van der Waals surface area contributed by atoms with Crippen molar-refractivity contribution in [1.82, 2.24) is 40.7 Å². The molecular formula is C21H22N8O. The third-order valence-electron chi connectivity index (χ3n) is 4.76. The number of rotatable bonds is 6. The van der Waals surface area contributed by atoms with E-state index in [-0.39, 0.29) is 17.8 Å². The fraction of sp³-hybridized carbons (Fsp3) is 0.238. The number of aromatic amines is 1. The minimum atomic E-state index is -0.288. The number of nitrogens with one attached hydrogen (secondary N) is 2. The van der Waals surface area contributed by atoms with E-state index in [0.29, 0.717) is 12.2 Å². The maximum Gasteiger partial charge on any atom is 0.290 e. The minimum Gasteiger partial charge on any atom is -0.352 e. The average Bonchev–Trinajstić information content (AvgIpc) is 3.44. The van der Waals surface area contributed by atoms with Gasteiger partial charge in [-0.1, -0.05) is 48.5 Å². The molecule has 0 saturated heterocycles. The van der Waals surface area contributed by atoms with Crippen molar-refractivity contribution in [2.24, 2.45) is 0 Å². The summed E-state index contributed by atoms with van der Waals surface area (Å²) in [4.78, 5) is 16.4. The Labute approximate surface area is 173 Å². The normalized spacial score (nSPS) is 11.1. The van der Waals surface area contributed by atoms with E-state index in [9.17, 15) is 4.79 Å². The zero-order valence-electron chi connectivity index (χ0n) is 17.0. The first kappa shape index (κ1) is 19.4. The van der Waals surface area contributed by atoms with Crippen LogP contribution in [-0.2, 0) is 6.42 Å². The van der Waals surface area contributed by atoms with Gasteiger partial charge in [0, 0.05) is 25.1 Å². The van der Waals surface area contributed by atoms with Gasteiger partial charge in [-0.05, 0) is 35.8 Å².